The van der Waals surface area contributed by atoms with Crippen LogP contribution in [0.2, 0.25) is 0 Å². The van der Waals surface area contributed by atoms with Crippen molar-refractivity contribution in [3.8, 4) is 0 Å². The average molecular weight is 384 g/mol. The van der Waals surface area contributed by atoms with Crippen LogP contribution in [0.25, 0.3) is 0 Å². The summed E-state index contributed by atoms with van der Waals surface area (Å²) in [7, 11) is 0. The molecule has 6 N–H and O–H groups in total. The maximum Gasteiger partial charge on any atom is 0.300 e. The first kappa shape index (κ1) is 18.1. The number of fused-ring (bicyclic) bond motifs is 1. The molecule has 0 aromatic carbocycles. The van der Waals surface area contributed by atoms with Crippen LogP contribution in [0.4, 0.5) is 11.6 Å². The van der Waals surface area contributed by atoms with Crippen molar-refractivity contribution in [3.05, 3.63) is 6.07 Å². The second-order valence-electron chi connectivity index (χ2n) is 6.18. The Bertz CT molecular complexity index is 733. The van der Waals surface area contributed by atoms with E-state index in [1.807, 2.05) is 6.92 Å². The Morgan fingerprint density at radius 2 is 2.32 bits per heavy atom. The van der Waals surface area contributed by atoms with Gasteiger partial charge in [0.15, 0.2) is 0 Å². The number of nitrogens with two attached hydrogens (primary N) is 3. The van der Waals surface area contributed by atoms with Gasteiger partial charge in [-0.2, -0.15) is 0 Å². The number of hydrogen-bond acceptors (Lipinski definition) is 9. The van der Waals surface area contributed by atoms with E-state index in [9.17, 15) is 14.7 Å². The molecule has 2 unspecified atom stereocenters. The lowest BCUT2D eigenvalue weighted by Crippen LogP contribution is -2.73. The average Bonchev–Trinajstić information content (AvgIpc) is 2.58. The number of carbonyl (C=O) groups excluding carboxylic acids is 2. The molecule has 0 spiro atoms. The molecule has 136 valence electrons. The van der Waals surface area contributed by atoms with E-state index in [-0.39, 0.29) is 29.4 Å². The lowest BCUT2D eigenvalue weighted by molar-refractivity contribution is -0.719. The second kappa shape index (κ2) is 6.54. The second-order valence-corrected chi connectivity index (χ2v) is 8.23. The molecule has 3 rings (SSSR count). The number of aromatic nitrogens is 2. The number of aliphatic carboxylic acids is 1. The molecule has 2 aliphatic heterocycles. The van der Waals surface area contributed by atoms with Crippen molar-refractivity contribution in [2.45, 2.75) is 30.0 Å². The van der Waals surface area contributed by atoms with Gasteiger partial charge in [0.05, 0.1) is 18.6 Å². The molecule has 0 radical (unpaired) electrons. The highest BCUT2D eigenvalue weighted by molar-refractivity contribution is 8.00. The Morgan fingerprint density at radius 1 is 1.60 bits per heavy atom. The van der Waals surface area contributed by atoms with E-state index in [1.165, 1.54) is 28.4 Å². The summed E-state index contributed by atoms with van der Waals surface area (Å²) in [6, 6.07) is 1.01. The van der Waals surface area contributed by atoms with E-state index in [1.54, 1.807) is 10.6 Å². The van der Waals surface area contributed by atoms with Crippen molar-refractivity contribution in [1.82, 2.24) is 9.88 Å². The molecule has 25 heavy (non-hydrogen) atoms. The minimum absolute atomic E-state index is 0.0937. The summed E-state index contributed by atoms with van der Waals surface area (Å²) in [6.07, 6.45) is 0. The molecular weight excluding hydrogens is 364 g/mol. The van der Waals surface area contributed by atoms with Gasteiger partial charge in [-0.1, -0.05) is 16.7 Å². The van der Waals surface area contributed by atoms with Crippen molar-refractivity contribution in [2.24, 2.45) is 11.1 Å². The third-order valence-electron chi connectivity index (χ3n) is 4.48. The van der Waals surface area contributed by atoms with Gasteiger partial charge in [0.2, 0.25) is 17.5 Å². The first-order valence-corrected chi connectivity index (χ1v) is 9.80. The molecule has 11 heteroatoms. The lowest BCUT2D eigenvalue weighted by atomic mass is 9.89. The summed E-state index contributed by atoms with van der Waals surface area (Å²) < 4.78 is 1.76. The summed E-state index contributed by atoms with van der Waals surface area (Å²) in [5, 5.41) is 12.3. The van der Waals surface area contributed by atoms with E-state index in [2.05, 4.69) is 4.98 Å². The van der Waals surface area contributed by atoms with E-state index in [0.29, 0.717) is 23.3 Å². The molecule has 3 heterocycles. The third-order valence-corrected chi connectivity index (χ3v) is 7.35. The lowest BCUT2D eigenvalue weighted by Gasteiger charge is -2.54. The van der Waals surface area contributed by atoms with Crippen LogP contribution >= 0.6 is 23.5 Å². The minimum atomic E-state index is -1.18. The number of anilines is 2. The molecule has 1 amide bonds. The fourth-order valence-electron chi connectivity index (χ4n) is 2.97. The Balaban J connectivity index is 1.80. The normalized spacial score (nSPS) is 28.4. The number of amides is 1. The fraction of sp³-hybridized carbons (Fsp3) is 0.571. The zero-order chi connectivity index (χ0) is 18.4. The maximum atomic E-state index is 11.9. The Labute approximate surface area is 153 Å². The quantitative estimate of drug-likeness (QED) is 0.218. The first-order valence-electron chi connectivity index (χ1n) is 7.77. The Morgan fingerprint density at radius 3 is 2.96 bits per heavy atom. The molecule has 0 bridgehead atoms. The largest absolute Gasteiger partial charge is 0.549 e. The van der Waals surface area contributed by atoms with E-state index >= 15 is 0 Å². The number of rotatable bonds is 5. The molecule has 2 fully saturated rings. The molecule has 1 aromatic heterocycles. The van der Waals surface area contributed by atoms with Crippen molar-refractivity contribution in [3.63, 3.8) is 0 Å². The number of carboxylic acid groups (broad SMARTS) is 1. The number of hydrogen-bond donors (Lipinski definition) is 3. The van der Waals surface area contributed by atoms with Crippen LogP contribution in [0.5, 0.6) is 0 Å². The maximum absolute atomic E-state index is 11.9. The number of thioether (sulfide) groups is 2. The van der Waals surface area contributed by atoms with Crippen LogP contribution in [0, 0.1) is 5.41 Å². The van der Waals surface area contributed by atoms with Crippen LogP contribution in [-0.4, -0.2) is 51.2 Å². The van der Waals surface area contributed by atoms with Crippen LogP contribution in [-0.2, 0) is 16.1 Å². The van der Waals surface area contributed by atoms with Gasteiger partial charge in [0.1, 0.15) is 11.4 Å². The van der Waals surface area contributed by atoms with Crippen molar-refractivity contribution in [1.29, 1.82) is 0 Å². The van der Waals surface area contributed by atoms with Gasteiger partial charge in [-0.05, 0) is 6.92 Å². The summed E-state index contributed by atoms with van der Waals surface area (Å²) >= 11 is 2.63. The van der Waals surface area contributed by atoms with E-state index in [0.717, 1.165) is 0 Å². The van der Waals surface area contributed by atoms with Crippen LogP contribution in [0.15, 0.2) is 11.2 Å². The standard InChI is InChI=1S/C14H20N6O3S2/c1-2-19-8(16)3-7(15)18-13(19)25-6-14(12(22)23)4-20-10(21)9(17)11(20)24-5-14/h3,9,11H,2,4-6,17H2,1H3,(H4,15,16,22,23)/t9?,11-,14?/m1/s1. The molecule has 9 nitrogen and oxygen atoms in total. The molecule has 0 aliphatic carbocycles. The monoisotopic (exact) mass is 384 g/mol. The zero-order valence-electron chi connectivity index (χ0n) is 13.7. The topological polar surface area (TPSA) is 155 Å². The summed E-state index contributed by atoms with van der Waals surface area (Å²) in [6.45, 7) is 2.58. The van der Waals surface area contributed by atoms with Gasteiger partial charge in [0, 0.05) is 23.5 Å². The highest BCUT2D eigenvalue weighted by Crippen LogP contribution is 2.43. The van der Waals surface area contributed by atoms with Crippen molar-refractivity contribution >= 4 is 47.0 Å². The highest BCUT2D eigenvalue weighted by Gasteiger charge is 2.53. The first-order chi connectivity index (χ1) is 11.8. The molecule has 3 atom stereocenters. The van der Waals surface area contributed by atoms with Crippen molar-refractivity contribution in [2.75, 3.05) is 29.5 Å². The number of nitrogens with zero attached hydrogens (tertiary/aromatic N) is 3. The number of carbonyl (C=O) groups is 2. The highest BCUT2D eigenvalue weighted by atomic mass is 32.2. The zero-order valence-corrected chi connectivity index (χ0v) is 15.3. The third kappa shape index (κ3) is 3.00. The minimum Gasteiger partial charge on any atom is -0.549 e. The van der Waals surface area contributed by atoms with Gasteiger partial charge >= 0.3 is 5.16 Å². The Kier molecular flexibility index (Phi) is 4.73. The molecule has 1 aromatic rings. The van der Waals surface area contributed by atoms with E-state index in [4.69, 9.17) is 17.2 Å². The predicted octanol–water partition coefficient (Wildman–Crippen LogP) is -2.38. The van der Waals surface area contributed by atoms with Gasteiger partial charge < -0.3 is 32.0 Å². The Hall–Kier alpha value is -1.72. The molecular formula is C14H20N6O3S2. The molecule has 2 saturated heterocycles. The summed E-state index contributed by atoms with van der Waals surface area (Å²) in [4.78, 5) is 29.5. The molecule has 0 saturated carbocycles. The molecule has 2 aliphatic rings. The van der Waals surface area contributed by atoms with Crippen LogP contribution in [0.1, 0.15) is 6.92 Å². The number of nitrogen functional groups attached to an aromatic ring is 2. The smallest absolute Gasteiger partial charge is 0.300 e. The van der Waals surface area contributed by atoms with Gasteiger partial charge in [-0.25, -0.2) is 4.57 Å². The van der Waals surface area contributed by atoms with E-state index < -0.39 is 17.4 Å². The van der Waals surface area contributed by atoms with Gasteiger partial charge in [0.25, 0.3) is 0 Å². The van der Waals surface area contributed by atoms with Gasteiger partial charge in [-0.15, -0.1) is 11.8 Å². The number of β-lactam (4-membered cyclic amide) rings is 1. The van der Waals surface area contributed by atoms with Crippen molar-refractivity contribution < 1.29 is 19.3 Å². The summed E-state index contributed by atoms with van der Waals surface area (Å²) in [5.41, 5.74) is 16.3. The van der Waals surface area contributed by atoms with Crippen LogP contribution in [0.3, 0.4) is 0 Å². The van der Waals surface area contributed by atoms with Crippen LogP contribution < -0.4 is 26.9 Å². The SMILES string of the molecule is CC[n+]1c(N)cc(N)nc1SCC1(C(=O)[O-])CS[C@@H]2C(N)C(=O)N2C1. The number of carboxylic acids is 1. The van der Waals surface area contributed by atoms with Gasteiger partial charge in [-0.3, -0.25) is 4.79 Å². The fourth-order valence-corrected chi connectivity index (χ4v) is 5.86. The summed E-state index contributed by atoms with van der Waals surface area (Å²) in [5.74, 6) is -0.142. The predicted molar refractivity (Wildman–Crippen MR) is 93.0 cm³/mol.